The van der Waals surface area contributed by atoms with Crippen molar-refractivity contribution in [3.8, 4) is 0 Å². The minimum atomic E-state index is 0.0703. The molecular formula is C19H37N3O2. The summed E-state index contributed by atoms with van der Waals surface area (Å²) in [6.07, 6.45) is 8.86. The molecule has 0 aromatic carbocycles. The maximum Gasteiger partial charge on any atom is 0.157 e. The lowest BCUT2D eigenvalue weighted by Crippen LogP contribution is -2.52. The summed E-state index contributed by atoms with van der Waals surface area (Å²) < 4.78 is 11.5. The lowest BCUT2D eigenvalue weighted by atomic mass is 10.1. The molecule has 0 bridgehead atoms. The van der Waals surface area contributed by atoms with Gasteiger partial charge in [0.05, 0.1) is 6.61 Å². The number of ether oxygens (including phenoxy) is 2. The van der Waals surface area contributed by atoms with E-state index < -0.39 is 0 Å². The number of likely N-dealkylation sites (N-methyl/N-ethyl adjacent to an activating group) is 1. The standard InChI is InChI=1S/C19H37N3O2/c1-20-11-13-22(14-12-20)18-7-2-4-9-21(17-18)10-6-16-24-19-8-3-5-15-23-19/h18-19H,2-17H2,1H3/t18-,19-/m0/s1. The van der Waals surface area contributed by atoms with E-state index in [4.69, 9.17) is 9.47 Å². The van der Waals surface area contributed by atoms with Crippen molar-refractivity contribution in [2.24, 2.45) is 0 Å². The summed E-state index contributed by atoms with van der Waals surface area (Å²) in [6.45, 7) is 10.4. The third-order valence-electron chi connectivity index (χ3n) is 5.85. The Balaban J connectivity index is 1.35. The van der Waals surface area contributed by atoms with Crippen LogP contribution in [-0.4, -0.2) is 93.1 Å². The minimum Gasteiger partial charge on any atom is -0.353 e. The van der Waals surface area contributed by atoms with Gasteiger partial charge in [0.25, 0.3) is 0 Å². The topological polar surface area (TPSA) is 28.2 Å². The molecule has 2 atom stereocenters. The van der Waals surface area contributed by atoms with Crippen LogP contribution in [0.5, 0.6) is 0 Å². The molecule has 0 N–H and O–H groups in total. The number of nitrogens with zero attached hydrogens (tertiary/aromatic N) is 3. The van der Waals surface area contributed by atoms with Gasteiger partial charge in [0.15, 0.2) is 6.29 Å². The molecule has 3 heterocycles. The van der Waals surface area contributed by atoms with E-state index >= 15 is 0 Å². The van der Waals surface area contributed by atoms with Crippen molar-refractivity contribution in [1.82, 2.24) is 14.7 Å². The monoisotopic (exact) mass is 339 g/mol. The average molecular weight is 340 g/mol. The van der Waals surface area contributed by atoms with Crippen molar-refractivity contribution in [1.29, 1.82) is 0 Å². The maximum atomic E-state index is 5.90. The average Bonchev–Trinajstić information content (AvgIpc) is 2.86. The maximum absolute atomic E-state index is 5.90. The highest BCUT2D eigenvalue weighted by Crippen LogP contribution is 2.18. The smallest absolute Gasteiger partial charge is 0.157 e. The van der Waals surface area contributed by atoms with Crippen molar-refractivity contribution in [3.05, 3.63) is 0 Å². The van der Waals surface area contributed by atoms with Crippen LogP contribution >= 0.6 is 0 Å². The van der Waals surface area contributed by atoms with Crippen molar-refractivity contribution in [3.63, 3.8) is 0 Å². The van der Waals surface area contributed by atoms with Crippen molar-refractivity contribution in [2.45, 2.75) is 57.3 Å². The molecule has 140 valence electrons. The first kappa shape index (κ1) is 18.6. The highest BCUT2D eigenvalue weighted by atomic mass is 16.7. The van der Waals surface area contributed by atoms with Gasteiger partial charge in [0.2, 0.25) is 0 Å². The molecule has 3 saturated heterocycles. The zero-order valence-electron chi connectivity index (χ0n) is 15.6. The van der Waals surface area contributed by atoms with Gasteiger partial charge < -0.3 is 19.3 Å². The SMILES string of the molecule is CN1CCN([C@H]2CCCCN(CCCO[C@H]3CCCCO3)C2)CC1. The molecule has 3 aliphatic rings. The van der Waals surface area contributed by atoms with E-state index in [1.807, 2.05) is 0 Å². The summed E-state index contributed by atoms with van der Waals surface area (Å²) in [6, 6.07) is 0.767. The highest BCUT2D eigenvalue weighted by Gasteiger charge is 2.26. The molecule has 3 fully saturated rings. The molecule has 24 heavy (non-hydrogen) atoms. The van der Waals surface area contributed by atoms with Gasteiger partial charge >= 0.3 is 0 Å². The fourth-order valence-electron chi connectivity index (χ4n) is 4.23. The Bertz CT molecular complexity index is 342. The van der Waals surface area contributed by atoms with Gasteiger partial charge in [0.1, 0.15) is 0 Å². The van der Waals surface area contributed by atoms with Crippen LogP contribution in [0.3, 0.4) is 0 Å². The summed E-state index contributed by atoms with van der Waals surface area (Å²) in [5, 5.41) is 0. The van der Waals surface area contributed by atoms with E-state index in [-0.39, 0.29) is 6.29 Å². The Hall–Kier alpha value is -0.200. The molecule has 0 aromatic rings. The van der Waals surface area contributed by atoms with Crippen molar-refractivity contribution < 1.29 is 9.47 Å². The number of rotatable bonds is 6. The number of likely N-dealkylation sites (tertiary alicyclic amines) is 1. The lowest BCUT2D eigenvalue weighted by Gasteiger charge is -2.39. The summed E-state index contributed by atoms with van der Waals surface area (Å²) in [7, 11) is 2.24. The van der Waals surface area contributed by atoms with Crippen LogP contribution in [0.15, 0.2) is 0 Å². The number of hydrogen-bond acceptors (Lipinski definition) is 5. The van der Waals surface area contributed by atoms with E-state index in [0.29, 0.717) is 0 Å². The highest BCUT2D eigenvalue weighted by molar-refractivity contribution is 4.82. The molecule has 0 amide bonds. The Morgan fingerprint density at radius 3 is 2.58 bits per heavy atom. The van der Waals surface area contributed by atoms with E-state index in [0.717, 1.165) is 32.1 Å². The Morgan fingerprint density at radius 2 is 1.79 bits per heavy atom. The number of hydrogen-bond donors (Lipinski definition) is 0. The quantitative estimate of drug-likeness (QED) is 0.691. The van der Waals surface area contributed by atoms with E-state index in [9.17, 15) is 0 Å². The van der Waals surface area contributed by atoms with Crippen LogP contribution < -0.4 is 0 Å². The summed E-state index contributed by atoms with van der Waals surface area (Å²) in [5.41, 5.74) is 0. The Labute approximate surface area is 148 Å². The summed E-state index contributed by atoms with van der Waals surface area (Å²) in [5.74, 6) is 0. The van der Waals surface area contributed by atoms with Crippen LogP contribution in [0.2, 0.25) is 0 Å². The van der Waals surface area contributed by atoms with Crippen LogP contribution in [-0.2, 0) is 9.47 Å². The zero-order chi connectivity index (χ0) is 16.6. The van der Waals surface area contributed by atoms with Crippen LogP contribution in [0, 0.1) is 0 Å². The molecule has 5 heteroatoms. The molecule has 0 saturated carbocycles. The van der Waals surface area contributed by atoms with Gasteiger partial charge in [-0.25, -0.2) is 0 Å². The van der Waals surface area contributed by atoms with Crippen LogP contribution in [0.1, 0.15) is 44.9 Å². The second-order valence-corrected chi connectivity index (χ2v) is 7.81. The van der Waals surface area contributed by atoms with Gasteiger partial charge in [-0.2, -0.15) is 0 Å². The molecule has 0 radical (unpaired) electrons. The fraction of sp³-hybridized carbons (Fsp3) is 1.00. The molecule has 0 spiro atoms. The minimum absolute atomic E-state index is 0.0703. The van der Waals surface area contributed by atoms with Crippen molar-refractivity contribution >= 4 is 0 Å². The van der Waals surface area contributed by atoms with Gasteiger partial charge in [-0.15, -0.1) is 0 Å². The van der Waals surface area contributed by atoms with Gasteiger partial charge in [-0.3, -0.25) is 4.90 Å². The molecule has 3 rings (SSSR count). The van der Waals surface area contributed by atoms with Crippen LogP contribution in [0.4, 0.5) is 0 Å². The first-order valence-electron chi connectivity index (χ1n) is 10.2. The molecule has 5 nitrogen and oxygen atoms in total. The third kappa shape index (κ3) is 5.95. The Morgan fingerprint density at radius 1 is 0.958 bits per heavy atom. The van der Waals surface area contributed by atoms with Gasteiger partial charge in [0, 0.05) is 51.9 Å². The second kappa shape index (κ2) is 10.1. The number of piperazine rings is 1. The normalized spacial score (nSPS) is 31.9. The Kier molecular flexibility index (Phi) is 7.80. The fourth-order valence-corrected chi connectivity index (χ4v) is 4.23. The third-order valence-corrected chi connectivity index (χ3v) is 5.85. The summed E-state index contributed by atoms with van der Waals surface area (Å²) >= 11 is 0. The molecule has 0 unspecified atom stereocenters. The summed E-state index contributed by atoms with van der Waals surface area (Å²) in [4.78, 5) is 7.88. The van der Waals surface area contributed by atoms with Crippen molar-refractivity contribution in [2.75, 3.05) is 66.1 Å². The van der Waals surface area contributed by atoms with E-state index in [1.54, 1.807) is 0 Å². The lowest BCUT2D eigenvalue weighted by molar-refractivity contribution is -0.163. The van der Waals surface area contributed by atoms with E-state index in [1.165, 1.54) is 77.9 Å². The second-order valence-electron chi connectivity index (χ2n) is 7.81. The molecule has 0 aromatic heterocycles. The zero-order valence-corrected chi connectivity index (χ0v) is 15.6. The molecular weight excluding hydrogens is 302 g/mol. The molecule has 0 aliphatic carbocycles. The first-order chi connectivity index (χ1) is 11.8. The first-order valence-corrected chi connectivity index (χ1v) is 10.2. The van der Waals surface area contributed by atoms with Gasteiger partial charge in [-0.05, 0) is 52.1 Å². The van der Waals surface area contributed by atoms with Crippen LogP contribution in [0.25, 0.3) is 0 Å². The van der Waals surface area contributed by atoms with E-state index in [2.05, 4.69) is 21.7 Å². The van der Waals surface area contributed by atoms with Gasteiger partial charge in [-0.1, -0.05) is 6.42 Å². The predicted molar refractivity (Wildman–Crippen MR) is 97.3 cm³/mol. The largest absolute Gasteiger partial charge is 0.353 e. The predicted octanol–water partition coefficient (Wildman–Crippen LogP) is 2.02. The molecule has 3 aliphatic heterocycles.